The maximum atomic E-state index is 4.21. The first-order valence-electron chi connectivity index (χ1n) is 5.33. The number of pyridine rings is 1. The van der Waals surface area contributed by atoms with Crippen LogP contribution in [0.15, 0.2) is 48.8 Å². The van der Waals surface area contributed by atoms with Crippen molar-refractivity contribution in [2.45, 2.75) is 6.92 Å². The molecule has 0 radical (unpaired) electrons. The molecule has 0 saturated carbocycles. The van der Waals surface area contributed by atoms with Crippen LogP contribution in [-0.2, 0) is 0 Å². The largest absolute Gasteiger partial charge is 0.361 e. The lowest BCUT2D eigenvalue weighted by Gasteiger charge is -2.02. The molecule has 0 aliphatic rings. The second-order valence-corrected chi connectivity index (χ2v) is 3.97. The van der Waals surface area contributed by atoms with E-state index < -0.39 is 0 Å². The number of aromatic amines is 1. The average molecular weight is 208 g/mol. The summed E-state index contributed by atoms with van der Waals surface area (Å²) in [5.41, 5.74) is 4.68. The zero-order valence-electron chi connectivity index (χ0n) is 9.07. The van der Waals surface area contributed by atoms with Gasteiger partial charge in [0, 0.05) is 23.6 Å². The molecule has 0 saturated heterocycles. The zero-order chi connectivity index (χ0) is 11.0. The number of nitrogens with zero attached hydrogens (tertiary/aromatic N) is 1. The molecule has 2 aromatic heterocycles. The number of aryl methyl sites for hydroxylation is 1. The lowest BCUT2D eigenvalue weighted by Crippen LogP contribution is -1.82. The Kier molecular flexibility index (Phi) is 2.00. The predicted octanol–water partition coefficient (Wildman–Crippen LogP) is 3.54. The maximum Gasteiger partial charge on any atom is 0.0454 e. The smallest absolute Gasteiger partial charge is 0.0454 e. The van der Waals surface area contributed by atoms with Crippen LogP contribution in [0, 0.1) is 6.92 Å². The number of fused-ring (bicyclic) bond motifs is 1. The van der Waals surface area contributed by atoms with Gasteiger partial charge in [-0.1, -0.05) is 6.07 Å². The first kappa shape index (κ1) is 9.16. The molecule has 16 heavy (non-hydrogen) atoms. The molecule has 0 atom stereocenters. The highest BCUT2D eigenvalue weighted by Crippen LogP contribution is 2.23. The Morgan fingerprint density at radius 2 is 1.88 bits per heavy atom. The molecule has 3 aromatic rings. The summed E-state index contributed by atoms with van der Waals surface area (Å²) in [6.45, 7) is 2.01. The van der Waals surface area contributed by atoms with Crippen LogP contribution in [0.1, 0.15) is 5.69 Å². The lowest BCUT2D eigenvalue weighted by atomic mass is 10.0. The van der Waals surface area contributed by atoms with Crippen molar-refractivity contribution in [1.29, 1.82) is 0 Å². The van der Waals surface area contributed by atoms with Crippen molar-refractivity contribution in [3.05, 3.63) is 54.5 Å². The molecule has 0 spiro atoms. The van der Waals surface area contributed by atoms with Crippen LogP contribution in [0.5, 0.6) is 0 Å². The molecule has 0 unspecified atom stereocenters. The molecule has 2 heteroatoms. The Morgan fingerprint density at radius 1 is 1.00 bits per heavy atom. The third kappa shape index (κ3) is 1.48. The Hall–Kier alpha value is -2.09. The minimum atomic E-state index is 1.05. The molecule has 3 rings (SSSR count). The first-order valence-corrected chi connectivity index (χ1v) is 5.33. The second kappa shape index (κ2) is 3.49. The van der Waals surface area contributed by atoms with Crippen LogP contribution in [-0.4, -0.2) is 9.97 Å². The number of H-pyrrole nitrogens is 1. The van der Waals surface area contributed by atoms with Gasteiger partial charge in [-0.05, 0) is 53.8 Å². The van der Waals surface area contributed by atoms with Crippen LogP contribution in [0.4, 0.5) is 0 Å². The number of hydrogen-bond acceptors (Lipinski definition) is 1. The van der Waals surface area contributed by atoms with E-state index in [2.05, 4.69) is 40.3 Å². The van der Waals surface area contributed by atoms with Gasteiger partial charge in [0.15, 0.2) is 0 Å². The van der Waals surface area contributed by atoms with Crippen molar-refractivity contribution in [3.63, 3.8) is 0 Å². The highest BCUT2D eigenvalue weighted by Gasteiger charge is 2.00. The molecule has 1 aromatic carbocycles. The molecule has 2 nitrogen and oxygen atoms in total. The van der Waals surface area contributed by atoms with Crippen molar-refractivity contribution < 1.29 is 0 Å². The average Bonchev–Trinajstić information content (AvgIpc) is 2.75. The monoisotopic (exact) mass is 208 g/mol. The number of rotatable bonds is 1. The molecule has 0 fully saturated rings. The van der Waals surface area contributed by atoms with Crippen molar-refractivity contribution in [1.82, 2.24) is 9.97 Å². The molecule has 78 valence electrons. The number of hydrogen-bond donors (Lipinski definition) is 1. The van der Waals surface area contributed by atoms with Gasteiger partial charge in [0.1, 0.15) is 0 Å². The van der Waals surface area contributed by atoms with Crippen LogP contribution < -0.4 is 0 Å². The van der Waals surface area contributed by atoms with Crippen molar-refractivity contribution in [3.8, 4) is 11.1 Å². The summed E-state index contributed by atoms with van der Waals surface area (Å²) in [7, 11) is 0. The van der Waals surface area contributed by atoms with Crippen LogP contribution in [0.25, 0.3) is 22.0 Å². The molecular formula is C14H12N2. The quantitative estimate of drug-likeness (QED) is 0.651. The van der Waals surface area contributed by atoms with Gasteiger partial charge in [-0.3, -0.25) is 4.98 Å². The minimum Gasteiger partial charge on any atom is -0.361 e. The van der Waals surface area contributed by atoms with Gasteiger partial charge in [0.05, 0.1) is 0 Å². The number of aromatic nitrogens is 2. The normalized spacial score (nSPS) is 10.8. The van der Waals surface area contributed by atoms with E-state index in [9.17, 15) is 0 Å². The van der Waals surface area contributed by atoms with E-state index in [1.165, 1.54) is 22.0 Å². The molecule has 0 bridgehead atoms. The van der Waals surface area contributed by atoms with Crippen molar-refractivity contribution in [2.75, 3.05) is 0 Å². The Bertz CT molecular complexity index is 638. The maximum absolute atomic E-state index is 4.21. The van der Waals surface area contributed by atoms with Crippen molar-refractivity contribution in [2.24, 2.45) is 0 Å². The highest BCUT2D eigenvalue weighted by molar-refractivity contribution is 5.84. The summed E-state index contributed by atoms with van der Waals surface area (Å²) in [6, 6.07) is 12.7. The van der Waals surface area contributed by atoms with Crippen LogP contribution in [0.3, 0.4) is 0 Å². The van der Waals surface area contributed by atoms with Gasteiger partial charge in [0.25, 0.3) is 0 Å². The summed E-state index contributed by atoms with van der Waals surface area (Å²) < 4.78 is 0. The number of benzene rings is 1. The van der Waals surface area contributed by atoms with Crippen LogP contribution in [0.2, 0.25) is 0 Å². The lowest BCUT2D eigenvalue weighted by molar-refractivity contribution is 1.20. The summed E-state index contributed by atoms with van der Waals surface area (Å²) in [5, 5.41) is 1.24. The summed E-state index contributed by atoms with van der Waals surface area (Å²) in [6.07, 6.45) is 3.82. The second-order valence-electron chi connectivity index (χ2n) is 3.97. The zero-order valence-corrected chi connectivity index (χ0v) is 9.07. The van der Waals surface area contributed by atoms with E-state index in [4.69, 9.17) is 0 Å². The van der Waals surface area contributed by atoms with Gasteiger partial charge in [-0.2, -0.15) is 0 Å². The van der Waals surface area contributed by atoms with Gasteiger partial charge in [0.2, 0.25) is 0 Å². The van der Waals surface area contributed by atoms with Gasteiger partial charge >= 0.3 is 0 Å². The molecule has 0 amide bonds. The van der Waals surface area contributed by atoms with Crippen LogP contribution >= 0.6 is 0 Å². The third-order valence-corrected chi connectivity index (χ3v) is 2.78. The van der Waals surface area contributed by atoms with Gasteiger partial charge in [-0.15, -0.1) is 0 Å². The van der Waals surface area contributed by atoms with E-state index in [1.54, 1.807) is 0 Å². The van der Waals surface area contributed by atoms with Gasteiger partial charge in [-0.25, -0.2) is 0 Å². The SMILES string of the molecule is Cc1cc(-c2ccc3[nH]ccc3c2)ccn1. The Balaban J connectivity index is 2.18. The predicted molar refractivity (Wildman–Crippen MR) is 66.3 cm³/mol. The fraction of sp³-hybridized carbons (Fsp3) is 0.0714. The third-order valence-electron chi connectivity index (χ3n) is 2.78. The topological polar surface area (TPSA) is 28.7 Å². The van der Waals surface area contributed by atoms with E-state index in [0.29, 0.717) is 0 Å². The summed E-state index contributed by atoms with van der Waals surface area (Å²) >= 11 is 0. The van der Waals surface area contributed by atoms with Crippen molar-refractivity contribution >= 4 is 10.9 Å². The van der Waals surface area contributed by atoms with E-state index in [1.807, 2.05) is 25.4 Å². The van der Waals surface area contributed by atoms with Gasteiger partial charge < -0.3 is 4.98 Å². The standard InChI is InChI=1S/C14H12N2/c1-10-8-12(4-6-15-10)11-2-3-14-13(9-11)5-7-16-14/h2-9,16H,1H3. The first-order chi connectivity index (χ1) is 7.83. The van der Waals surface area contributed by atoms with E-state index >= 15 is 0 Å². The fourth-order valence-electron chi connectivity index (χ4n) is 1.96. The molecule has 0 aliphatic heterocycles. The molecule has 0 aliphatic carbocycles. The highest BCUT2D eigenvalue weighted by atomic mass is 14.7. The molecule has 2 heterocycles. The Morgan fingerprint density at radius 3 is 2.75 bits per heavy atom. The summed E-state index contributed by atoms with van der Waals surface area (Å²) in [5.74, 6) is 0. The minimum absolute atomic E-state index is 1.05. The van der Waals surface area contributed by atoms with E-state index in [-0.39, 0.29) is 0 Å². The summed E-state index contributed by atoms with van der Waals surface area (Å²) in [4.78, 5) is 7.41. The molecule has 1 N–H and O–H groups in total. The fourth-order valence-corrected chi connectivity index (χ4v) is 1.96. The Labute approximate surface area is 94.0 Å². The molecular weight excluding hydrogens is 196 g/mol. The number of nitrogens with one attached hydrogen (secondary N) is 1. The van der Waals surface area contributed by atoms with E-state index in [0.717, 1.165) is 5.69 Å².